The molecular formula is C19H20N2O2. The van der Waals surface area contributed by atoms with E-state index < -0.39 is 0 Å². The summed E-state index contributed by atoms with van der Waals surface area (Å²) >= 11 is 0. The average molecular weight is 308 g/mol. The van der Waals surface area contributed by atoms with Crippen LogP contribution in [-0.4, -0.2) is 36.0 Å². The molecule has 0 radical (unpaired) electrons. The van der Waals surface area contributed by atoms with Gasteiger partial charge in [0.05, 0.1) is 12.7 Å². The Bertz CT molecular complexity index is 737. The molecule has 23 heavy (non-hydrogen) atoms. The summed E-state index contributed by atoms with van der Waals surface area (Å²) in [6, 6.07) is 8.16. The number of aryl methyl sites for hydroxylation is 2. The number of carbonyl (C=O) groups is 1. The van der Waals surface area contributed by atoms with Gasteiger partial charge in [-0.15, -0.1) is 0 Å². The maximum Gasteiger partial charge on any atom is 0.257 e. The molecule has 4 heteroatoms. The van der Waals surface area contributed by atoms with Gasteiger partial charge < -0.3 is 9.64 Å². The summed E-state index contributed by atoms with van der Waals surface area (Å²) in [6.07, 6.45) is 6.95. The van der Waals surface area contributed by atoms with E-state index in [1.54, 1.807) is 7.11 Å². The van der Waals surface area contributed by atoms with E-state index in [9.17, 15) is 4.79 Å². The Morgan fingerprint density at radius 2 is 1.87 bits per heavy atom. The Kier molecular flexibility index (Phi) is 3.52. The number of amides is 1. The van der Waals surface area contributed by atoms with E-state index in [0.717, 1.165) is 25.9 Å². The van der Waals surface area contributed by atoms with Gasteiger partial charge in [0.25, 0.3) is 5.91 Å². The van der Waals surface area contributed by atoms with Crippen LogP contribution in [0.2, 0.25) is 0 Å². The molecule has 2 aromatic rings. The zero-order valence-corrected chi connectivity index (χ0v) is 13.3. The minimum atomic E-state index is 0.0851. The van der Waals surface area contributed by atoms with Gasteiger partial charge in [-0.2, -0.15) is 0 Å². The highest BCUT2D eigenvalue weighted by molar-refractivity contribution is 5.98. The van der Waals surface area contributed by atoms with Gasteiger partial charge in [0.1, 0.15) is 5.75 Å². The van der Waals surface area contributed by atoms with Crippen molar-refractivity contribution in [2.45, 2.75) is 25.2 Å². The molecule has 1 fully saturated rings. The van der Waals surface area contributed by atoms with Crippen LogP contribution in [0.1, 0.15) is 39.4 Å². The van der Waals surface area contributed by atoms with Gasteiger partial charge in [0.2, 0.25) is 0 Å². The number of hydrogen-bond donors (Lipinski definition) is 0. The highest BCUT2D eigenvalue weighted by atomic mass is 16.5. The van der Waals surface area contributed by atoms with E-state index in [1.165, 1.54) is 23.1 Å². The lowest BCUT2D eigenvalue weighted by molar-refractivity contribution is 0.0599. The first-order chi connectivity index (χ1) is 11.3. The molecule has 1 saturated heterocycles. The minimum absolute atomic E-state index is 0.0851. The van der Waals surface area contributed by atoms with Crippen molar-refractivity contribution >= 4 is 5.91 Å². The predicted molar refractivity (Wildman–Crippen MR) is 87.9 cm³/mol. The molecule has 2 aliphatic rings. The number of benzene rings is 1. The number of methoxy groups -OCH3 is 1. The van der Waals surface area contributed by atoms with Crippen molar-refractivity contribution in [1.82, 2.24) is 9.88 Å². The molecule has 0 N–H and O–H groups in total. The molecule has 0 bridgehead atoms. The first-order valence-corrected chi connectivity index (χ1v) is 8.15. The largest absolute Gasteiger partial charge is 0.496 e. The van der Waals surface area contributed by atoms with Crippen LogP contribution in [0.25, 0.3) is 0 Å². The summed E-state index contributed by atoms with van der Waals surface area (Å²) in [7, 11) is 1.64. The number of pyridine rings is 1. The molecule has 1 aliphatic carbocycles. The lowest BCUT2D eigenvalue weighted by Gasteiger charge is -2.39. The third-order valence-electron chi connectivity index (χ3n) is 4.99. The lowest BCUT2D eigenvalue weighted by atomic mass is 9.91. The second kappa shape index (κ2) is 5.69. The minimum Gasteiger partial charge on any atom is -0.496 e. The monoisotopic (exact) mass is 308 g/mol. The number of fused-ring (bicyclic) bond motifs is 1. The maximum absolute atomic E-state index is 12.8. The van der Waals surface area contributed by atoms with Crippen LogP contribution >= 0.6 is 0 Å². The van der Waals surface area contributed by atoms with Crippen LogP contribution in [-0.2, 0) is 12.8 Å². The summed E-state index contributed by atoms with van der Waals surface area (Å²) < 4.78 is 5.47. The zero-order chi connectivity index (χ0) is 15.8. The third-order valence-corrected chi connectivity index (χ3v) is 4.99. The smallest absolute Gasteiger partial charge is 0.257 e. The maximum atomic E-state index is 12.8. The molecule has 2 heterocycles. The van der Waals surface area contributed by atoms with E-state index >= 15 is 0 Å². The second-order valence-electron chi connectivity index (χ2n) is 6.36. The van der Waals surface area contributed by atoms with Crippen molar-refractivity contribution < 1.29 is 9.53 Å². The molecule has 0 spiro atoms. The van der Waals surface area contributed by atoms with Crippen molar-refractivity contribution in [3.63, 3.8) is 0 Å². The SMILES string of the molecule is COc1cc2c(cc1C(=O)N1CC(c3ccncc3)C1)CCC2. The number of ether oxygens (including phenoxy) is 1. The first-order valence-electron chi connectivity index (χ1n) is 8.15. The highest BCUT2D eigenvalue weighted by Gasteiger charge is 2.33. The Hall–Kier alpha value is -2.36. The quantitative estimate of drug-likeness (QED) is 0.875. The molecule has 4 rings (SSSR count). The number of hydrogen-bond acceptors (Lipinski definition) is 3. The Labute approximate surface area is 136 Å². The van der Waals surface area contributed by atoms with Crippen molar-refractivity contribution in [3.8, 4) is 5.75 Å². The number of aromatic nitrogens is 1. The Morgan fingerprint density at radius 1 is 1.17 bits per heavy atom. The number of likely N-dealkylation sites (tertiary alicyclic amines) is 1. The fraction of sp³-hybridized carbons (Fsp3) is 0.368. The van der Waals surface area contributed by atoms with Gasteiger partial charge in [-0.05, 0) is 60.2 Å². The second-order valence-corrected chi connectivity index (χ2v) is 6.36. The van der Waals surface area contributed by atoms with Crippen molar-refractivity contribution in [2.24, 2.45) is 0 Å². The van der Waals surface area contributed by atoms with E-state index in [4.69, 9.17) is 4.74 Å². The topological polar surface area (TPSA) is 42.4 Å². The number of carbonyl (C=O) groups excluding carboxylic acids is 1. The molecule has 0 saturated carbocycles. The van der Waals surface area contributed by atoms with Crippen molar-refractivity contribution in [1.29, 1.82) is 0 Å². The van der Waals surface area contributed by atoms with Crippen LogP contribution in [0, 0.1) is 0 Å². The van der Waals surface area contributed by atoms with E-state index in [2.05, 4.69) is 11.1 Å². The van der Waals surface area contributed by atoms with E-state index in [-0.39, 0.29) is 5.91 Å². The standard InChI is InChI=1S/C19H20N2O2/c1-23-18-10-15-4-2-3-14(15)9-17(18)19(22)21-11-16(12-21)13-5-7-20-8-6-13/h5-10,16H,2-4,11-12H2,1H3. The van der Waals surface area contributed by atoms with Crippen molar-refractivity contribution in [3.05, 3.63) is 58.9 Å². The Morgan fingerprint density at radius 3 is 2.57 bits per heavy atom. The van der Waals surface area contributed by atoms with Crippen LogP contribution in [0.4, 0.5) is 0 Å². The summed E-state index contributed by atoms with van der Waals surface area (Å²) in [5, 5.41) is 0. The number of nitrogens with zero attached hydrogens (tertiary/aromatic N) is 2. The van der Waals surface area contributed by atoms with E-state index in [0.29, 0.717) is 17.2 Å². The molecule has 0 atom stereocenters. The van der Waals surface area contributed by atoms with Gasteiger partial charge in [-0.1, -0.05) is 0 Å². The van der Waals surface area contributed by atoms with Crippen LogP contribution < -0.4 is 4.74 Å². The molecule has 1 amide bonds. The molecule has 118 valence electrons. The van der Waals surface area contributed by atoms with Crippen molar-refractivity contribution in [2.75, 3.05) is 20.2 Å². The number of rotatable bonds is 3. The third kappa shape index (κ3) is 2.48. The molecule has 1 aromatic heterocycles. The normalized spacial score (nSPS) is 16.8. The van der Waals surface area contributed by atoms with Crippen LogP contribution in [0.15, 0.2) is 36.7 Å². The summed E-state index contributed by atoms with van der Waals surface area (Å²) in [4.78, 5) is 18.8. The Balaban J connectivity index is 1.52. The molecule has 0 unspecified atom stereocenters. The van der Waals surface area contributed by atoms with Gasteiger partial charge in [-0.25, -0.2) is 0 Å². The van der Waals surface area contributed by atoms with Crippen LogP contribution in [0.3, 0.4) is 0 Å². The summed E-state index contributed by atoms with van der Waals surface area (Å²) in [5.74, 6) is 1.22. The molecule has 4 nitrogen and oxygen atoms in total. The van der Waals surface area contributed by atoms with Gasteiger partial charge >= 0.3 is 0 Å². The first kappa shape index (κ1) is 14.2. The molecule has 1 aromatic carbocycles. The summed E-state index contributed by atoms with van der Waals surface area (Å²) in [5.41, 5.74) is 4.60. The summed E-state index contributed by atoms with van der Waals surface area (Å²) in [6.45, 7) is 1.53. The van der Waals surface area contributed by atoms with Gasteiger partial charge in [0.15, 0.2) is 0 Å². The molecular weight excluding hydrogens is 288 g/mol. The van der Waals surface area contributed by atoms with Crippen LogP contribution in [0.5, 0.6) is 5.75 Å². The lowest BCUT2D eigenvalue weighted by Crippen LogP contribution is -2.48. The highest BCUT2D eigenvalue weighted by Crippen LogP contribution is 2.33. The van der Waals surface area contributed by atoms with Gasteiger partial charge in [0, 0.05) is 31.4 Å². The fourth-order valence-corrected chi connectivity index (χ4v) is 3.60. The fourth-order valence-electron chi connectivity index (χ4n) is 3.60. The zero-order valence-electron chi connectivity index (χ0n) is 13.3. The van der Waals surface area contributed by atoms with Gasteiger partial charge in [-0.3, -0.25) is 9.78 Å². The average Bonchev–Trinajstić information content (AvgIpc) is 3.00. The van der Waals surface area contributed by atoms with E-state index in [1.807, 2.05) is 35.5 Å². The predicted octanol–water partition coefficient (Wildman–Crippen LogP) is 2.82. The molecule has 1 aliphatic heterocycles.